The number of rotatable bonds is 4. The van der Waals surface area contributed by atoms with Crippen LogP contribution in [0.25, 0.3) is 21.5 Å². The van der Waals surface area contributed by atoms with Gasteiger partial charge in [0, 0.05) is 11.9 Å². The summed E-state index contributed by atoms with van der Waals surface area (Å²) in [6, 6.07) is 3.74. The molecule has 4 aromatic heterocycles. The van der Waals surface area contributed by atoms with E-state index in [2.05, 4.69) is 24.9 Å². The lowest BCUT2D eigenvalue weighted by atomic mass is 10.1. The van der Waals surface area contributed by atoms with E-state index in [1.165, 1.54) is 35.8 Å². The number of ether oxygens (including phenoxy) is 1. The fourth-order valence-corrected chi connectivity index (χ4v) is 5.18. The number of aliphatic hydroxyl groups is 2. The molecule has 0 saturated carbocycles. The first-order valence-electron chi connectivity index (χ1n) is 8.41. The van der Waals surface area contributed by atoms with Crippen LogP contribution in [0.5, 0.6) is 0 Å². The molecule has 10 nitrogen and oxygen atoms in total. The van der Waals surface area contributed by atoms with Crippen molar-refractivity contribution in [3.05, 3.63) is 31.0 Å². The molecular weight excluding hydrogens is 402 g/mol. The van der Waals surface area contributed by atoms with Crippen LogP contribution < -0.4 is 5.73 Å². The molecule has 0 aliphatic carbocycles. The Hall–Kier alpha value is -2.38. The first-order valence-corrected chi connectivity index (χ1v) is 10.2. The minimum atomic E-state index is -1.13. The van der Waals surface area contributed by atoms with Crippen LogP contribution in [0.3, 0.4) is 0 Å². The van der Waals surface area contributed by atoms with Gasteiger partial charge in [-0.15, -0.1) is 0 Å². The van der Waals surface area contributed by atoms with Gasteiger partial charge in [0.2, 0.25) is 0 Å². The van der Waals surface area contributed by atoms with Gasteiger partial charge in [-0.25, -0.2) is 24.9 Å². The van der Waals surface area contributed by atoms with E-state index in [1.807, 2.05) is 12.1 Å². The number of aromatic nitrogens is 6. The summed E-state index contributed by atoms with van der Waals surface area (Å²) in [6.45, 7) is 0. The van der Waals surface area contributed by atoms with Crippen LogP contribution in [0.1, 0.15) is 6.23 Å². The summed E-state index contributed by atoms with van der Waals surface area (Å²) in [5.41, 5.74) is 7.51. The molecule has 1 aliphatic heterocycles. The molecule has 4 atom stereocenters. The quantitative estimate of drug-likeness (QED) is 0.408. The average Bonchev–Trinajstić information content (AvgIpc) is 3.38. The summed E-state index contributed by atoms with van der Waals surface area (Å²) in [5.74, 6) is 0.673. The Kier molecular flexibility index (Phi) is 4.36. The third-order valence-corrected chi connectivity index (χ3v) is 6.73. The summed E-state index contributed by atoms with van der Waals surface area (Å²) in [6.07, 6.45) is 0.940. The van der Waals surface area contributed by atoms with Crippen LogP contribution in [0, 0.1) is 0 Å². The molecule has 12 heteroatoms. The first-order chi connectivity index (χ1) is 13.6. The molecule has 28 heavy (non-hydrogen) atoms. The number of anilines is 1. The van der Waals surface area contributed by atoms with Gasteiger partial charge in [-0.1, -0.05) is 23.1 Å². The van der Waals surface area contributed by atoms with Gasteiger partial charge in [0.15, 0.2) is 22.0 Å². The lowest BCUT2D eigenvalue weighted by Crippen LogP contribution is -2.32. The van der Waals surface area contributed by atoms with E-state index in [9.17, 15) is 10.2 Å². The van der Waals surface area contributed by atoms with Crippen molar-refractivity contribution in [2.45, 2.75) is 28.9 Å². The number of thiazole rings is 1. The van der Waals surface area contributed by atoms with Crippen LogP contribution in [-0.4, -0.2) is 63.8 Å². The lowest BCUT2D eigenvalue weighted by molar-refractivity contribution is -0.0289. The Morgan fingerprint density at radius 1 is 1.21 bits per heavy atom. The van der Waals surface area contributed by atoms with Crippen molar-refractivity contribution < 1.29 is 14.9 Å². The highest BCUT2D eigenvalue weighted by Crippen LogP contribution is 2.36. The van der Waals surface area contributed by atoms with Gasteiger partial charge in [-0.05, 0) is 12.1 Å². The second kappa shape index (κ2) is 6.90. The number of nitrogens with two attached hydrogens (primary N) is 1. The number of nitrogens with zero attached hydrogens (tertiary/aromatic N) is 6. The van der Waals surface area contributed by atoms with Crippen molar-refractivity contribution in [3.8, 4) is 0 Å². The molecule has 1 aliphatic rings. The maximum atomic E-state index is 10.5. The third kappa shape index (κ3) is 2.89. The minimum Gasteiger partial charge on any atom is -0.387 e. The molecule has 0 amide bonds. The van der Waals surface area contributed by atoms with Crippen LogP contribution in [0.2, 0.25) is 0 Å². The van der Waals surface area contributed by atoms with E-state index >= 15 is 0 Å². The average molecular weight is 417 g/mol. The summed E-state index contributed by atoms with van der Waals surface area (Å²) >= 11 is 2.94. The number of hydrogen-bond donors (Lipinski definition) is 3. The van der Waals surface area contributed by atoms with E-state index in [4.69, 9.17) is 10.5 Å². The van der Waals surface area contributed by atoms with Crippen molar-refractivity contribution in [3.63, 3.8) is 0 Å². The largest absolute Gasteiger partial charge is 0.387 e. The van der Waals surface area contributed by atoms with E-state index in [0.717, 1.165) is 14.7 Å². The van der Waals surface area contributed by atoms with Crippen molar-refractivity contribution in [2.75, 3.05) is 11.5 Å². The third-order valence-electron chi connectivity index (χ3n) is 4.52. The smallest absolute Gasteiger partial charge is 0.167 e. The highest BCUT2D eigenvalue weighted by molar-refractivity contribution is 8.01. The molecule has 5 rings (SSSR count). The lowest BCUT2D eigenvalue weighted by Gasteiger charge is -2.16. The fourth-order valence-electron chi connectivity index (χ4n) is 3.12. The number of imidazole rings is 1. The maximum absolute atomic E-state index is 10.5. The van der Waals surface area contributed by atoms with Gasteiger partial charge < -0.3 is 20.7 Å². The molecular formula is C16H15N7O3S2. The summed E-state index contributed by atoms with van der Waals surface area (Å²) in [7, 11) is 0. The normalized spacial score (nSPS) is 25.1. The van der Waals surface area contributed by atoms with Gasteiger partial charge in [0.25, 0.3) is 0 Å². The highest BCUT2D eigenvalue weighted by atomic mass is 32.2. The minimum absolute atomic E-state index is 0.244. The number of aliphatic hydroxyl groups excluding tert-OH is 2. The fraction of sp³-hybridized carbons (Fsp3) is 0.312. The number of pyridine rings is 1. The number of nitrogen functional groups attached to an aromatic ring is 1. The van der Waals surface area contributed by atoms with Crippen LogP contribution in [-0.2, 0) is 4.74 Å². The molecule has 0 bridgehead atoms. The number of hydrogen-bond acceptors (Lipinski definition) is 11. The van der Waals surface area contributed by atoms with Gasteiger partial charge >= 0.3 is 0 Å². The van der Waals surface area contributed by atoms with E-state index in [1.54, 1.807) is 10.8 Å². The SMILES string of the molecule is Nc1ncnc2c1ncn2[C@@H]1O[C@H](CSc2nc3cccnc3s2)[C@@H](O)[C@H]1O. The second-order valence-electron chi connectivity index (χ2n) is 6.25. The van der Waals surface area contributed by atoms with E-state index in [-0.39, 0.29) is 5.82 Å². The molecule has 1 saturated heterocycles. The van der Waals surface area contributed by atoms with E-state index in [0.29, 0.717) is 16.9 Å². The van der Waals surface area contributed by atoms with Crippen molar-refractivity contribution >= 4 is 50.4 Å². The highest BCUT2D eigenvalue weighted by Gasteiger charge is 2.44. The first kappa shape index (κ1) is 17.7. The summed E-state index contributed by atoms with van der Waals surface area (Å²) in [5, 5.41) is 21.0. The van der Waals surface area contributed by atoms with Gasteiger partial charge in [-0.2, -0.15) is 0 Å². The summed E-state index contributed by atoms with van der Waals surface area (Å²) < 4.78 is 8.33. The molecule has 0 aromatic carbocycles. The van der Waals surface area contributed by atoms with Crippen LogP contribution in [0.15, 0.2) is 35.3 Å². The number of thioether (sulfide) groups is 1. The Labute approximate surface area is 166 Å². The zero-order valence-corrected chi connectivity index (χ0v) is 15.9. The molecule has 5 heterocycles. The Morgan fingerprint density at radius 2 is 2.11 bits per heavy atom. The topological polar surface area (TPSA) is 145 Å². The van der Waals surface area contributed by atoms with Gasteiger partial charge in [0.05, 0.1) is 12.4 Å². The predicted octanol–water partition coefficient (Wildman–Crippen LogP) is 0.825. The van der Waals surface area contributed by atoms with Crippen LogP contribution in [0.4, 0.5) is 5.82 Å². The Balaban J connectivity index is 1.35. The molecule has 0 radical (unpaired) electrons. The zero-order valence-electron chi connectivity index (χ0n) is 14.3. The van der Waals surface area contributed by atoms with Gasteiger partial charge in [0.1, 0.15) is 34.4 Å². The Morgan fingerprint density at radius 3 is 2.96 bits per heavy atom. The Bertz CT molecular complexity index is 1120. The monoisotopic (exact) mass is 417 g/mol. The molecule has 1 fully saturated rings. The molecule has 4 N–H and O–H groups in total. The van der Waals surface area contributed by atoms with Crippen LogP contribution >= 0.6 is 23.1 Å². The predicted molar refractivity (Wildman–Crippen MR) is 104 cm³/mol. The maximum Gasteiger partial charge on any atom is 0.167 e. The molecule has 4 aromatic rings. The number of fused-ring (bicyclic) bond motifs is 2. The molecule has 144 valence electrons. The summed E-state index contributed by atoms with van der Waals surface area (Å²) in [4.78, 5) is 21.9. The van der Waals surface area contributed by atoms with Gasteiger partial charge in [-0.3, -0.25) is 4.57 Å². The zero-order chi connectivity index (χ0) is 19.3. The van der Waals surface area contributed by atoms with E-state index < -0.39 is 24.5 Å². The van der Waals surface area contributed by atoms with Crippen molar-refractivity contribution in [1.29, 1.82) is 0 Å². The van der Waals surface area contributed by atoms with Crippen molar-refractivity contribution in [2.24, 2.45) is 0 Å². The standard InChI is InChI=1S/C16H15N7O3S2/c17-12-9-13(20-5-19-12)23(6-21-9)15-11(25)10(24)8(26-15)4-27-16-22-7-2-1-3-18-14(7)28-16/h1-3,5-6,8,10-11,15,24-25H,4H2,(H2,17,19,20)/t8-,10-,11-,15-/m1/s1. The molecule has 0 spiro atoms. The second-order valence-corrected chi connectivity index (χ2v) is 8.49. The molecule has 0 unspecified atom stereocenters. The van der Waals surface area contributed by atoms with Crippen molar-refractivity contribution in [1.82, 2.24) is 29.5 Å².